The van der Waals surface area contributed by atoms with Crippen LogP contribution >= 0.6 is 15.9 Å². The van der Waals surface area contributed by atoms with Crippen LogP contribution in [-0.4, -0.2) is 5.78 Å². The molecule has 0 heterocycles. The third-order valence-corrected chi connectivity index (χ3v) is 3.49. The number of hydrogen-bond donors (Lipinski definition) is 0. The number of allylic oxidation sites excluding steroid dienone is 2. The van der Waals surface area contributed by atoms with Crippen molar-refractivity contribution in [3.8, 4) is 0 Å². The Hall–Kier alpha value is -0.890. The Morgan fingerprint density at radius 1 is 1.06 bits per heavy atom. The zero-order valence-corrected chi connectivity index (χ0v) is 10.8. The number of carbonyl (C=O) groups excluding carboxylic acids is 1. The van der Waals surface area contributed by atoms with Gasteiger partial charge in [0, 0.05) is 10.0 Å². The Labute approximate surface area is 105 Å². The molecule has 0 saturated heterocycles. The molecule has 1 aliphatic rings. The van der Waals surface area contributed by atoms with Gasteiger partial charge in [-0.2, -0.15) is 0 Å². The van der Waals surface area contributed by atoms with Crippen LogP contribution in [0.5, 0.6) is 0 Å². The predicted octanol–water partition coefficient (Wildman–Crippen LogP) is 4.52. The van der Waals surface area contributed by atoms with Crippen LogP contribution in [0.25, 0.3) is 0 Å². The molecule has 16 heavy (non-hydrogen) atoms. The molecule has 1 aromatic carbocycles. The molecule has 1 nitrogen and oxygen atoms in total. The molecule has 0 spiro atoms. The van der Waals surface area contributed by atoms with Crippen molar-refractivity contribution in [3.05, 3.63) is 46.0 Å². The van der Waals surface area contributed by atoms with E-state index in [-0.39, 0.29) is 5.78 Å². The van der Waals surface area contributed by atoms with Gasteiger partial charge in [0.25, 0.3) is 0 Å². The van der Waals surface area contributed by atoms with E-state index in [2.05, 4.69) is 15.9 Å². The van der Waals surface area contributed by atoms with Gasteiger partial charge in [0.05, 0.1) is 0 Å². The minimum Gasteiger partial charge on any atom is -0.289 e. The molecule has 0 radical (unpaired) electrons. The molecule has 1 fully saturated rings. The Balaban J connectivity index is 2.09. The van der Waals surface area contributed by atoms with E-state index in [0.29, 0.717) is 0 Å². The van der Waals surface area contributed by atoms with Crippen molar-refractivity contribution in [3.63, 3.8) is 0 Å². The minimum atomic E-state index is 0.143. The predicted molar refractivity (Wildman–Crippen MR) is 69.6 cm³/mol. The van der Waals surface area contributed by atoms with Crippen LogP contribution in [0.3, 0.4) is 0 Å². The van der Waals surface area contributed by atoms with Crippen molar-refractivity contribution in [2.45, 2.75) is 32.1 Å². The zero-order valence-electron chi connectivity index (χ0n) is 9.21. The van der Waals surface area contributed by atoms with Crippen molar-refractivity contribution >= 4 is 21.7 Å². The van der Waals surface area contributed by atoms with Gasteiger partial charge in [-0.15, -0.1) is 0 Å². The summed E-state index contributed by atoms with van der Waals surface area (Å²) in [6, 6.07) is 7.55. The monoisotopic (exact) mass is 278 g/mol. The SMILES string of the molecule is O=C(C=C1CCCCC1)c1ccc(Br)cc1. The summed E-state index contributed by atoms with van der Waals surface area (Å²) in [4.78, 5) is 11.9. The largest absolute Gasteiger partial charge is 0.289 e. The van der Waals surface area contributed by atoms with Gasteiger partial charge in [-0.1, -0.05) is 27.9 Å². The summed E-state index contributed by atoms with van der Waals surface area (Å²) in [7, 11) is 0. The fraction of sp³-hybridized carbons (Fsp3) is 0.357. The number of halogens is 1. The first-order valence-electron chi connectivity index (χ1n) is 5.75. The second-order valence-electron chi connectivity index (χ2n) is 4.23. The van der Waals surface area contributed by atoms with E-state index in [1.165, 1.54) is 24.8 Å². The molecule has 1 aromatic rings. The number of rotatable bonds is 2. The maximum Gasteiger partial charge on any atom is 0.185 e. The van der Waals surface area contributed by atoms with Gasteiger partial charge in [0.15, 0.2) is 5.78 Å². The number of carbonyl (C=O) groups is 1. The third kappa shape index (κ3) is 3.05. The molecule has 0 aliphatic heterocycles. The van der Waals surface area contributed by atoms with E-state index < -0.39 is 0 Å². The summed E-state index contributed by atoms with van der Waals surface area (Å²) >= 11 is 3.37. The highest BCUT2D eigenvalue weighted by molar-refractivity contribution is 9.10. The average Bonchev–Trinajstić information content (AvgIpc) is 2.31. The smallest absolute Gasteiger partial charge is 0.185 e. The Morgan fingerprint density at radius 2 is 1.69 bits per heavy atom. The molecule has 0 amide bonds. The van der Waals surface area contributed by atoms with E-state index in [4.69, 9.17) is 0 Å². The molecule has 1 aliphatic carbocycles. The Kier molecular flexibility index (Phi) is 3.94. The molecule has 0 atom stereocenters. The number of benzene rings is 1. The lowest BCUT2D eigenvalue weighted by Gasteiger charge is -2.12. The van der Waals surface area contributed by atoms with Crippen LogP contribution in [-0.2, 0) is 0 Å². The molecular formula is C14H15BrO. The Bertz CT molecular complexity index is 395. The van der Waals surface area contributed by atoms with Crippen LogP contribution < -0.4 is 0 Å². The first-order valence-corrected chi connectivity index (χ1v) is 6.54. The highest BCUT2D eigenvalue weighted by Crippen LogP contribution is 2.23. The fourth-order valence-corrected chi connectivity index (χ4v) is 2.30. The molecule has 84 valence electrons. The third-order valence-electron chi connectivity index (χ3n) is 2.96. The van der Waals surface area contributed by atoms with E-state index in [0.717, 1.165) is 22.9 Å². The first kappa shape index (κ1) is 11.6. The Morgan fingerprint density at radius 3 is 2.31 bits per heavy atom. The normalized spacial score (nSPS) is 15.9. The van der Waals surface area contributed by atoms with Crippen molar-refractivity contribution in [1.82, 2.24) is 0 Å². The van der Waals surface area contributed by atoms with Crippen molar-refractivity contribution in [2.75, 3.05) is 0 Å². The summed E-state index contributed by atoms with van der Waals surface area (Å²) in [6.45, 7) is 0. The van der Waals surface area contributed by atoms with E-state index in [1.54, 1.807) is 0 Å². The van der Waals surface area contributed by atoms with Crippen molar-refractivity contribution in [2.24, 2.45) is 0 Å². The fourth-order valence-electron chi connectivity index (χ4n) is 2.03. The molecule has 2 rings (SSSR count). The summed E-state index contributed by atoms with van der Waals surface area (Å²) in [5.74, 6) is 0.143. The number of hydrogen-bond acceptors (Lipinski definition) is 1. The molecule has 0 bridgehead atoms. The van der Waals surface area contributed by atoms with Crippen LogP contribution in [0.2, 0.25) is 0 Å². The lowest BCUT2D eigenvalue weighted by Crippen LogP contribution is -2.00. The zero-order chi connectivity index (χ0) is 11.4. The molecule has 0 unspecified atom stereocenters. The van der Waals surface area contributed by atoms with Gasteiger partial charge in [0.1, 0.15) is 0 Å². The summed E-state index contributed by atoms with van der Waals surface area (Å²) in [5.41, 5.74) is 2.10. The van der Waals surface area contributed by atoms with Gasteiger partial charge in [-0.3, -0.25) is 4.79 Å². The van der Waals surface area contributed by atoms with Crippen LogP contribution in [0, 0.1) is 0 Å². The highest BCUT2D eigenvalue weighted by Gasteiger charge is 2.08. The van der Waals surface area contributed by atoms with Gasteiger partial charge in [-0.25, -0.2) is 0 Å². The topological polar surface area (TPSA) is 17.1 Å². The van der Waals surface area contributed by atoms with Crippen molar-refractivity contribution in [1.29, 1.82) is 0 Å². The van der Waals surface area contributed by atoms with Crippen LogP contribution in [0.1, 0.15) is 42.5 Å². The second-order valence-corrected chi connectivity index (χ2v) is 5.15. The maximum absolute atomic E-state index is 11.9. The number of ketones is 1. The highest BCUT2D eigenvalue weighted by atomic mass is 79.9. The average molecular weight is 279 g/mol. The molecular weight excluding hydrogens is 264 g/mol. The quantitative estimate of drug-likeness (QED) is 0.574. The van der Waals surface area contributed by atoms with E-state index in [9.17, 15) is 4.79 Å². The molecule has 0 N–H and O–H groups in total. The van der Waals surface area contributed by atoms with Crippen LogP contribution in [0.15, 0.2) is 40.4 Å². The summed E-state index contributed by atoms with van der Waals surface area (Å²) in [5, 5.41) is 0. The second kappa shape index (κ2) is 5.44. The van der Waals surface area contributed by atoms with Gasteiger partial charge < -0.3 is 0 Å². The molecule has 2 heteroatoms. The van der Waals surface area contributed by atoms with Gasteiger partial charge in [0.2, 0.25) is 0 Å². The summed E-state index contributed by atoms with van der Waals surface area (Å²) in [6.07, 6.45) is 7.82. The van der Waals surface area contributed by atoms with Crippen LogP contribution in [0.4, 0.5) is 0 Å². The first-order chi connectivity index (χ1) is 7.75. The lowest BCUT2D eigenvalue weighted by atomic mass is 9.93. The lowest BCUT2D eigenvalue weighted by molar-refractivity contribution is 0.104. The van der Waals surface area contributed by atoms with Gasteiger partial charge >= 0.3 is 0 Å². The van der Waals surface area contributed by atoms with Crippen molar-refractivity contribution < 1.29 is 4.79 Å². The standard InChI is InChI=1S/C14H15BrO/c15-13-8-6-12(7-9-13)14(16)10-11-4-2-1-3-5-11/h6-10H,1-5H2. The molecule has 0 aromatic heterocycles. The van der Waals surface area contributed by atoms with E-state index >= 15 is 0 Å². The van der Waals surface area contributed by atoms with Gasteiger partial charge in [-0.05, 0) is 56.0 Å². The maximum atomic E-state index is 11.9. The summed E-state index contributed by atoms with van der Waals surface area (Å²) < 4.78 is 1.01. The minimum absolute atomic E-state index is 0.143. The molecule has 1 saturated carbocycles. The van der Waals surface area contributed by atoms with E-state index in [1.807, 2.05) is 30.3 Å².